The standard InChI is InChI=1S/C20H28N2O2S/c1-14(2)4-3-8-22-11-17-16(18-5-7-20(17,13-22)24-18)10-21-19(23)15-6-9-25-12-15/h4,6,9,12,16-18H,3,5,7-8,10-11,13H2,1-2H3,(H,21,23)/t16-,17+,18+,20+/m0/s1. The van der Waals surface area contributed by atoms with Crippen molar-refractivity contribution in [3.63, 3.8) is 0 Å². The molecule has 1 spiro atoms. The van der Waals surface area contributed by atoms with Crippen LogP contribution in [0.5, 0.6) is 0 Å². The molecule has 0 aliphatic carbocycles. The Morgan fingerprint density at radius 1 is 1.52 bits per heavy atom. The topological polar surface area (TPSA) is 41.6 Å². The number of amides is 1. The highest BCUT2D eigenvalue weighted by Gasteiger charge is 2.62. The Morgan fingerprint density at radius 2 is 2.40 bits per heavy atom. The average molecular weight is 361 g/mol. The molecule has 0 saturated carbocycles. The monoisotopic (exact) mass is 360 g/mol. The summed E-state index contributed by atoms with van der Waals surface area (Å²) in [5.74, 6) is 1.09. The third kappa shape index (κ3) is 3.29. The highest BCUT2D eigenvalue weighted by molar-refractivity contribution is 7.08. The van der Waals surface area contributed by atoms with Crippen LogP contribution in [0.3, 0.4) is 0 Å². The summed E-state index contributed by atoms with van der Waals surface area (Å²) >= 11 is 1.57. The van der Waals surface area contributed by atoms with Crippen molar-refractivity contribution in [3.05, 3.63) is 34.0 Å². The quantitative estimate of drug-likeness (QED) is 0.792. The highest BCUT2D eigenvalue weighted by Crippen LogP contribution is 2.54. The molecule has 4 rings (SSSR count). The number of rotatable bonds is 6. The molecular formula is C20H28N2O2S. The van der Waals surface area contributed by atoms with Gasteiger partial charge in [0.1, 0.15) is 0 Å². The van der Waals surface area contributed by atoms with Crippen LogP contribution in [0.25, 0.3) is 0 Å². The van der Waals surface area contributed by atoms with Crippen LogP contribution >= 0.6 is 11.3 Å². The normalized spacial score (nSPS) is 33.4. The van der Waals surface area contributed by atoms with Gasteiger partial charge in [-0.1, -0.05) is 11.6 Å². The van der Waals surface area contributed by atoms with E-state index in [0.717, 1.165) is 44.6 Å². The number of nitrogens with zero attached hydrogens (tertiary/aromatic N) is 1. The van der Waals surface area contributed by atoms with Gasteiger partial charge in [-0.15, -0.1) is 0 Å². The van der Waals surface area contributed by atoms with Crippen molar-refractivity contribution < 1.29 is 9.53 Å². The van der Waals surface area contributed by atoms with Crippen LogP contribution in [0.15, 0.2) is 28.5 Å². The maximum Gasteiger partial charge on any atom is 0.252 e. The van der Waals surface area contributed by atoms with Gasteiger partial charge in [-0.2, -0.15) is 11.3 Å². The van der Waals surface area contributed by atoms with E-state index in [1.807, 2.05) is 16.8 Å². The number of nitrogens with one attached hydrogen (secondary N) is 1. The summed E-state index contributed by atoms with van der Waals surface area (Å²) < 4.78 is 6.47. The van der Waals surface area contributed by atoms with Crippen LogP contribution in [0.1, 0.15) is 43.5 Å². The SMILES string of the molecule is CC(C)=CCCN1C[C@@H]2[C@H](CNC(=O)c3ccsc3)[C@H]3CC[C@]2(C1)O3. The molecule has 0 aromatic carbocycles. The Morgan fingerprint density at radius 3 is 3.16 bits per heavy atom. The number of allylic oxidation sites excluding steroid dienone is 1. The molecular weight excluding hydrogens is 332 g/mol. The lowest BCUT2D eigenvalue weighted by Gasteiger charge is -2.29. The number of carbonyl (C=O) groups excluding carboxylic acids is 1. The van der Waals surface area contributed by atoms with Gasteiger partial charge < -0.3 is 10.1 Å². The van der Waals surface area contributed by atoms with Gasteiger partial charge >= 0.3 is 0 Å². The minimum Gasteiger partial charge on any atom is -0.370 e. The molecule has 2 bridgehead atoms. The molecule has 3 aliphatic heterocycles. The number of thiophene rings is 1. The van der Waals surface area contributed by atoms with E-state index in [9.17, 15) is 4.79 Å². The maximum absolute atomic E-state index is 12.3. The largest absolute Gasteiger partial charge is 0.370 e. The van der Waals surface area contributed by atoms with E-state index in [-0.39, 0.29) is 11.5 Å². The second kappa shape index (κ2) is 6.86. The van der Waals surface area contributed by atoms with Gasteiger partial charge in [0, 0.05) is 49.0 Å². The number of hydrogen-bond acceptors (Lipinski definition) is 4. The fourth-order valence-corrected chi connectivity index (χ4v) is 5.61. The van der Waals surface area contributed by atoms with Crippen molar-refractivity contribution in [2.24, 2.45) is 11.8 Å². The van der Waals surface area contributed by atoms with Crippen molar-refractivity contribution in [2.75, 3.05) is 26.2 Å². The Balaban J connectivity index is 1.36. The Hall–Kier alpha value is -1.17. The first-order valence-electron chi connectivity index (χ1n) is 9.41. The Labute approximate surface area is 154 Å². The molecule has 1 aromatic rings. The summed E-state index contributed by atoms with van der Waals surface area (Å²) in [5.41, 5.74) is 2.23. The van der Waals surface area contributed by atoms with Crippen molar-refractivity contribution >= 4 is 17.2 Å². The third-order valence-electron chi connectivity index (χ3n) is 6.13. The van der Waals surface area contributed by atoms with Crippen LogP contribution in [0, 0.1) is 11.8 Å². The first-order chi connectivity index (χ1) is 12.1. The summed E-state index contributed by atoms with van der Waals surface area (Å²) in [6.45, 7) is 8.37. The summed E-state index contributed by atoms with van der Waals surface area (Å²) in [4.78, 5) is 14.8. The minimum atomic E-state index is 0.0523. The van der Waals surface area contributed by atoms with Crippen LogP contribution in [-0.2, 0) is 4.74 Å². The zero-order valence-corrected chi connectivity index (χ0v) is 16.0. The summed E-state index contributed by atoms with van der Waals surface area (Å²) in [7, 11) is 0. The number of carbonyl (C=O) groups is 1. The van der Waals surface area contributed by atoms with Gasteiger partial charge in [0.2, 0.25) is 0 Å². The van der Waals surface area contributed by atoms with E-state index in [1.54, 1.807) is 11.3 Å². The van der Waals surface area contributed by atoms with Gasteiger partial charge in [0.25, 0.3) is 5.91 Å². The molecule has 4 atom stereocenters. The van der Waals surface area contributed by atoms with E-state index >= 15 is 0 Å². The first kappa shape index (κ1) is 17.3. The molecule has 4 nitrogen and oxygen atoms in total. The summed E-state index contributed by atoms with van der Waals surface area (Å²) in [6, 6.07) is 1.89. The van der Waals surface area contributed by atoms with E-state index < -0.39 is 0 Å². The fraction of sp³-hybridized carbons (Fsp3) is 0.650. The van der Waals surface area contributed by atoms with Crippen molar-refractivity contribution in [3.8, 4) is 0 Å². The van der Waals surface area contributed by atoms with Gasteiger partial charge in [-0.05, 0) is 44.6 Å². The second-order valence-electron chi connectivity index (χ2n) is 8.06. The predicted molar refractivity (Wildman–Crippen MR) is 101 cm³/mol. The number of hydrogen-bond donors (Lipinski definition) is 1. The molecule has 25 heavy (non-hydrogen) atoms. The molecule has 1 amide bonds. The zero-order chi connectivity index (χ0) is 17.4. The Kier molecular flexibility index (Phi) is 4.73. The lowest BCUT2D eigenvalue weighted by atomic mass is 9.73. The lowest BCUT2D eigenvalue weighted by Crippen LogP contribution is -2.41. The molecule has 4 heterocycles. The van der Waals surface area contributed by atoms with Crippen LogP contribution in [-0.4, -0.2) is 48.7 Å². The van der Waals surface area contributed by atoms with Crippen LogP contribution in [0.4, 0.5) is 0 Å². The molecule has 1 N–H and O–H groups in total. The molecule has 0 radical (unpaired) electrons. The summed E-state index contributed by atoms with van der Waals surface area (Å²) in [6.07, 6.45) is 6.12. The van der Waals surface area contributed by atoms with Gasteiger partial charge in [-0.3, -0.25) is 9.69 Å². The van der Waals surface area contributed by atoms with Gasteiger partial charge in [-0.25, -0.2) is 0 Å². The molecule has 136 valence electrons. The molecule has 5 heteroatoms. The van der Waals surface area contributed by atoms with Crippen molar-refractivity contribution in [1.82, 2.24) is 10.2 Å². The second-order valence-corrected chi connectivity index (χ2v) is 8.84. The molecule has 3 aliphatic rings. The Bertz CT molecular complexity index is 653. The number of fused-ring (bicyclic) bond motifs is 1. The van der Waals surface area contributed by atoms with E-state index in [2.05, 4.69) is 30.1 Å². The average Bonchev–Trinajstić information content (AvgIpc) is 3.32. The predicted octanol–water partition coefficient (Wildman–Crippen LogP) is 3.31. The van der Waals surface area contributed by atoms with E-state index in [4.69, 9.17) is 4.74 Å². The van der Waals surface area contributed by atoms with Gasteiger partial charge in [0.05, 0.1) is 11.7 Å². The molecule has 3 fully saturated rings. The van der Waals surface area contributed by atoms with Crippen molar-refractivity contribution in [2.45, 2.75) is 44.8 Å². The van der Waals surface area contributed by atoms with E-state index in [0.29, 0.717) is 17.9 Å². The number of ether oxygens (including phenoxy) is 1. The third-order valence-corrected chi connectivity index (χ3v) is 6.82. The highest BCUT2D eigenvalue weighted by atomic mass is 32.1. The zero-order valence-electron chi connectivity index (χ0n) is 15.2. The maximum atomic E-state index is 12.3. The first-order valence-corrected chi connectivity index (χ1v) is 10.4. The van der Waals surface area contributed by atoms with Crippen molar-refractivity contribution in [1.29, 1.82) is 0 Å². The van der Waals surface area contributed by atoms with Gasteiger partial charge in [0.15, 0.2) is 0 Å². The summed E-state index contributed by atoms with van der Waals surface area (Å²) in [5, 5.41) is 7.02. The lowest BCUT2D eigenvalue weighted by molar-refractivity contribution is 0.00290. The fourth-order valence-electron chi connectivity index (χ4n) is 4.97. The number of likely N-dealkylation sites (tertiary alicyclic amines) is 1. The van der Waals surface area contributed by atoms with Crippen LogP contribution < -0.4 is 5.32 Å². The molecule has 0 unspecified atom stereocenters. The van der Waals surface area contributed by atoms with Crippen LogP contribution in [0.2, 0.25) is 0 Å². The molecule has 1 aromatic heterocycles. The smallest absolute Gasteiger partial charge is 0.252 e. The van der Waals surface area contributed by atoms with E-state index in [1.165, 1.54) is 12.0 Å². The minimum absolute atomic E-state index is 0.0523. The molecule has 3 saturated heterocycles.